The summed E-state index contributed by atoms with van der Waals surface area (Å²) in [4.78, 5) is 25.4. The first-order valence-corrected chi connectivity index (χ1v) is 9.11. The van der Waals surface area contributed by atoms with Crippen LogP contribution in [-0.4, -0.2) is 18.2 Å². The number of nitrogens with one attached hydrogen (secondary N) is 2. The largest absolute Gasteiger partial charge is 0.573 e. The van der Waals surface area contributed by atoms with Crippen molar-refractivity contribution in [3.8, 4) is 5.75 Å². The zero-order valence-electron chi connectivity index (χ0n) is 16.0. The predicted octanol–water partition coefficient (Wildman–Crippen LogP) is 4.99. The molecule has 0 atom stereocenters. The Morgan fingerprint density at radius 3 is 2.03 bits per heavy atom. The predicted molar refractivity (Wildman–Crippen MR) is 110 cm³/mol. The summed E-state index contributed by atoms with van der Waals surface area (Å²) in [5.74, 6) is -1.93. The smallest absolute Gasteiger partial charge is 0.404 e. The van der Waals surface area contributed by atoms with Crippen LogP contribution in [0.3, 0.4) is 0 Å². The molecule has 0 radical (unpaired) electrons. The van der Waals surface area contributed by atoms with Gasteiger partial charge in [-0.3, -0.25) is 9.59 Å². The van der Waals surface area contributed by atoms with Crippen molar-refractivity contribution in [2.45, 2.75) is 6.36 Å². The third kappa shape index (κ3) is 6.46. The highest BCUT2D eigenvalue weighted by molar-refractivity contribution is 6.11. The molecule has 8 heteroatoms. The van der Waals surface area contributed by atoms with Gasteiger partial charge in [-0.15, -0.1) is 13.2 Å². The van der Waals surface area contributed by atoms with Crippen LogP contribution in [0, 0.1) is 0 Å². The quantitative estimate of drug-likeness (QED) is 0.546. The average Bonchev–Trinajstić information content (AvgIpc) is 2.75. The summed E-state index contributed by atoms with van der Waals surface area (Å²) >= 11 is 0. The van der Waals surface area contributed by atoms with Crippen LogP contribution in [-0.2, 0) is 4.79 Å². The lowest BCUT2D eigenvalue weighted by molar-refractivity contribution is -0.274. The molecule has 0 bridgehead atoms. The van der Waals surface area contributed by atoms with Crippen molar-refractivity contribution >= 4 is 23.6 Å². The number of para-hydroxylation sites is 2. The molecule has 2 N–H and O–H groups in total. The summed E-state index contributed by atoms with van der Waals surface area (Å²) in [7, 11) is 0. The molecule has 0 aliphatic heterocycles. The Bertz CT molecular complexity index is 1080. The van der Waals surface area contributed by atoms with Gasteiger partial charge in [0.15, 0.2) is 5.75 Å². The van der Waals surface area contributed by atoms with E-state index in [0.29, 0.717) is 11.1 Å². The summed E-state index contributed by atoms with van der Waals surface area (Å²) < 4.78 is 41.9. The van der Waals surface area contributed by atoms with Crippen molar-refractivity contribution < 1.29 is 27.5 Å². The summed E-state index contributed by atoms with van der Waals surface area (Å²) in [6.07, 6.45) is -3.51. The molecule has 31 heavy (non-hydrogen) atoms. The van der Waals surface area contributed by atoms with Crippen LogP contribution in [0.1, 0.15) is 15.9 Å². The molecule has 3 aromatic carbocycles. The monoisotopic (exact) mass is 426 g/mol. The molecule has 0 heterocycles. The molecular weight excluding hydrogens is 409 g/mol. The van der Waals surface area contributed by atoms with E-state index < -0.39 is 23.9 Å². The number of amides is 2. The van der Waals surface area contributed by atoms with Gasteiger partial charge in [-0.05, 0) is 35.9 Å². The van der Waals surface area contributed by atoms with Crippen molar-refractivity contribution in [3.05, 3.63) is 102 Å². The Balaban J connectivity index is 1.89. The third-order valence-corrected chi connectivity index (χ3v) is 4.00. The second-order valence-corrected chi connectivity index (χ2v) is 6.29. The number of halogens is 3. The fourth-order valence-corrected chi connectivity index (χ4v) is 2.63. The fraction of sp³-hybridized carbons (Fsp3) is 0.0435. The summed E-state index contributed by atoms with van der Waals surface area (Å²) in [6, 6.07) is 22.0. The second-order valence-electron chi connectivity index (χ2n) is 6.29. The average molecular weight is 426 g/mol. The first kappa shape index (κ1) is 21.6. The second kappa shape index (κ2) is 9.62. The van der Waals surface area contributed by atoms with Crippen molar-refractivity contribution in [3.63, 3.8) is 0 Å². The lowest BCUT2D eigenvalue weighted by Gasteiger charge is -2.15. The molecule has 0 aliphatic carbocycles. The van der Waals surface area contributed by atoms with E-state index in [2.05, 4.69) is 15.4 Å². The molecule has 0 aromatic heterocycles. The molecule has 0 saturated carbocycles. The number of benzene rings is 3. The van der Waals surface area contributed by atoms with Crippen molar-refractivity contribution in [1.82, 2.24) is 5.32 Å². The highest BCUT2D eigenvalue weighted by atomic mass is 19.4. The molecule has 3 rings (SSSR count). The van der Waals surface area contributed by atoms with Crippen molar-refractivity contribution in [2.75, 3.05) is 5.32 Å². The summed E-state index contributed by atoms with van der Waals surface area (Å²) in [6.45, 7) is 0. The van der Waals surface area contributed by atoms with Gasteiger partial charge in [0.1, 0.15) is 5.70 Å². The Hall–Kier alpha value is -4.07. The van der Waals surface area contributed by atoms with Crippen LogP contribution < -0.4 is 15.4 Å². The van der Waals surface area contributed by atoms with Gasteiger partial charge in [0, 0.05) is 5.56 Å². The lowest BCUT2D eigenvalue weighted by atomic mass is 10.1. The van der Waals surface area contributed by atoms with E-state index in [0.717, 1.165) is 6.07 Å². The Kier molecular flexibility index (Phi) is 6.71. The fourth-order valence-electron chi connectivity index (χ4n) is 2.63. The molecule has 158 valence electrons. The first-order chi connectivity index (χ1) is 14.8. The maximum atomic E-state index is 12.9. The Morgan fingerprint density at radius 2 is 1.39 bits per heavy atom. The van der Waals surface area contributed by atoms with Gasteiger partial charge < -0.3 is 15.4 Å². The van der Waals surface area contributed by atoms with E-state index in [9.17, 15) is 22.8 Å². The summed E-state index contributed by atoms with van der Waals surface area (Å²) in [5, 5.41) is 4.88. The molecule has 0 fully saturated rings. The van der Waals surface area contributed by atoms with Crippen LogP contribution in [0.25, 0.3) is 6.08 Å². The van der Waals surface area contributed by atoms with Crippen LogP contribution in [0.4, 0.5) is 18.9 Å². The number of carbonyl (C=O) groups excluding carboxylic acids is 2. The number of hydrogen-bond acceptors (Lipinski definition) is 3. The van der Waals surface area contributed by atoms with Crippen molar-refractivity contribution in [1.29, 1.82) is 0 Å². The first-order valence-electron chi connectivity index (χ1n) is 9.11. The van der Waals surface area contributed by atoms with Gasteiger partial charge in [0.25, 0.3) is 11.8 Å². The van der Waals surface area contributed by atoms with Crippen LogP contribution >= 0.6 is 0 Å². The number of anilines is 1. The molecule has 2 amide bonds. The number of hydrogen-bond donors (Lipinski definition) is 2. The van der Waals surface area contributed by atoms with E-state index in [1.165, 1.54) is 24.3 Å². The van der Waals surface area contributed by atoms with Gasteiger partial charge >= 0.3 is 6.36 Å². The highest BCUT2D eigenvalue weighted by Crippen LogP contribution is 2.30. The molecule has 0 spiro atoms. The number of ether oxygens (including phenoxy) is 1. The lowest BCUT2D eigenvalue weighted by Crippen LogP contribution is -2.31. The zero-order chi connectivity index (χ0) is 22.3. The van der Waals surface area contributed by atoms with Gasteiger partial charge in [-0.2, -0.15) is 0 Å². The molecular formula is C23H17F3N2O3. The number of carbonyl (C=O) groups is 2. The van der Waals surface area contributed by atoms with Gasteiger partial charge in [0.2, 0.25) is 0 Å². The number of alkyl halides is 3. The maximum Gasteiger partial charge on any atom is 0.573 e. The minimum Gasteiger partial charge on any atom is -0.404 e. The number of rotatable bonds is 6. The van der Waals surface area contributed by atoms with E-state index in [1.54, 1.807) is 60.7 Å². The van der Waals surface area contributed by atoms with Crippen LogP contribution in [0.2, 0.25) is 0 Å². The molecule has 0 saturated heterocycles. The van der Waals surface area contributed by atoms with Gasteiger partial charge in [0.05, 0.1) is 5.69 Å². The molecule has 0 unspecified atom stereocenters. The van der Waals surface area contributed by atoms with Crippen molar-refractivity contribution in [2.24, 2.45) is 0 Å². The van der Waals surface area contributed by atoms with E-state index in [-0.39, 0.29) is 11.4 Å². The normalized spacial score (nSPS) is 11.5. The topological polar surface area (TPSA) is 67.4 Å². The van der Waals surface area contributed by atoms with Crippen LogP contribution in [0.15, 0.2) is 90.6 Å². The Labute approximate surface area is 176 Å². The minimum absolute atomic E-state index is 0.151. The summed E-state index contributed by atoms with van der Waals surface area (Å²) in [5.41, 5.74) is 0.579. The third-order valence-electron chi connectivity index (χ3n) is 4.00. The minimum atomic E-state index is -4.93. The standard InChI is InChI=1S/C23H17F3N2O3/c24-23(25,26)31-20-14-8-7-13-18(20)27-22(30)19(15-16-9-3-1-4-10-16)28-21(29)17-11-5-2-6-12-17/h1-15H,(H,27,30)(H,28,29)/b19-15-. The van der Waals surface area contributed by atoms with E-state index >= 15 is 0 Å². The van der Waals surface area contributed by atoms with Gasteiger partial charge in [-0.1, -0.05) is 60.7 Å². The molecule has 5 nitrogen and oxygen atoms in total. The SMILES string of the molecule is O=C(Nc1ccccc1OC(F)(F)F)/C(=C/c1ccccc1)NC(=O)c1ccccc1. The van der Waals surface area contributed by atoms with E-state index in [4.69, 9.17) is 0 Å². The van der Waals surface area contributed by atoms with E-state index in [1.807, 2.05) is 0 Å². The Morgan fingerprint density at radius 1 is 0.806 bits per heavy atom. The highest BCUT2D eigenvalue weighted by Gasteiger charge is 2.32. The molecule has 3 aromatic rings. The zero-order valence-corrected chi connectivity index (χ0v) is 16.0. The van der Waals surface area contributed by atoms with Gasteiger partial charge in [-0.25, -0.2) is 0 Å². The maximum absolute atomic E-state index is 12.9. The molecule has 0 aliphatic rings. The van der Waals surface area contributed by atoms with Crippen LogP contribution in [0.5, 0.6) is 5.75 Å².